The van der Waals surface area contributed by atoms with E-state index in [1.807, 2.05) is 6.08 Å². The SMILES string of the molecule is CCCCCCCCCC/C=C/C(O)C(CO)NC(=O)CCCCCCCC/C=C\C=C/CCCCCOC(=O)CCCCCCCCCCCCC. The number of aliphatic hydroxyl groups excluding tert-OH is 2. The standard InChI is InChI=1S/C47H87NO5/c1-3-5-7-9-11-13-20-25-29-33-37-41-47(52)53-42-38-34-30-26-22-19-17-15-16-18-21-24-28-32-36-40-46(51)48-44(43-49)45(50)39-35-31-27-23-14-12-10-8-6-4-2/h15,17,19,22,35,39,44-45,49-50H,3-14,16,18,20-21,23-34,36-38,40-43H2,1-2H3,(H,48,51)/b17-15-,22-19-,39-35+. The molecule has 310 valence electrons. The zero-order valence-corrected chi connectivity index (χ0v) is 35.0. The number of hydrogen-bond donors (Lipinski definition) is 3. The number of hydrogen-bond acceptors (Lipinski definition) is 5. The average Bonchev–Trinajstić information content (AvgIpc) is 3.16. The Kier molecular flexibility index (Phi) is 41.3. The summed E-state index contributed by atoms with van der Waals surface area (Å²) in [4.78, 5) is 24.3. The van der Waals surface area contributed by atoms with Gasteiger partial charge in [-0.3, -0.25) is 9.59 Å². The zero-order chi connectivity index (χ0) is 38.7. The van der Waals surface area contributed by atoms with Crippen molar-refractivity contribution in [1.29, 1.82) is 0 Å². The summed E-state index contributed by atoms with van der Waals surface area (Å²) in [6.07, 6.45) is 49.9. The number of carbonyl (C=O) groups excluding carboxylic acids is 2. The molecule has 3 N–H and O–H groups in total. The predicted molar refractivity (Wildman–Crippen MR) is 227 cm³/mol. The van der Waals surface area contributed by atoms with Gasteiger partial charge in [-0.05, 0) is 64.2 Å². The molecule has 0 aromatic heterocycles. The molecule has 6 nitrogen and oxygen atoms in total. The largest absolute Gasteiger partial charge is 0.466 e. The third-order valence-electron chi connectivity index (χ3n) is 10.2. The molecule has 0 aromatic rings. The van der Waals surface area contributed by atoms with Crippen molar-refractivity contribution in [1.82, 2.24) is 5.32 Å². The molecule has 1 amide bonds. The molecule has 0 aliphatic rings. The van der Waals surface area contributed by atoms with E-state index in [-0.39, 0.29) is 18.5 Å². The molecule has 53 heavy (non-hydrogen) atoms. The van der Waals surface area contributed by atoms with E-state index in [1.165, 1.54) is 122 Å². The minimum atomic E-state index is -0.856. The first-order valence-electron chi connectivity index (χ1n) is 22.8. The molecule has 0 aliphatic carbocycles. The summed E-state index contributed by atoms with van der Waals surface area (Å²) in [6.45, 7) is 4.80. The van der Waals surface area contributed by atoms with E-state index < -0.39 is 12.1 Å². The number of allylic oxidation sites excluding steroid dienone is 5. The van der Waals surface area contributed by atoms with Crippen LogP contribution in [0, 0.1) is 0 Å². The number of unbranched alkanes of at least 4 members (excludes halogenated alkanes) is 27. The van der Waals surface area contributed by atoms with Crippen molar-refractivity contribution in [3.8, 4) is 0 Å². The molecule has 0 rings (SSSR count). The number of ether oxygens (including phenoxy) is 1. The summed E-state index contributed by atoms with van der Waals surface area (Å²) in [5, 5.41) is 22.9. The summed E-state index contributed by atoms with van der Waals surface area (Å²) in [5.41, 5.74) is 0. The third kappa shape index (κ3) is 39.6. The number of rotatable bonds is 41. The molecule has 0 saturated carbocycles. The second kappa shape index (κ2) is 42.8. The van der Waals surface area contributed by atoms with Crippen LogP contribution < -0.4 is 5.32 Å². The molecular formula is C47H87NO5. The first-order chi connectivity index (χ1) is 26.0. The molecule has 0 fully saturated rings. The maximum absolute atomic E-state index is 12.3. The Morgan fingerprint density at radius 1 is 0.528 bits per heavy atom. The van der Waals surface area contributed by atoms with Crippen molar-refractivity contribution in [3.63, 3.8) is 0 Å². The average molecular weight is 746 g/mol. The van der Waals surface area contributed by atoms with Crippen LogP contribution in [0.5, 0.6) is 0 Å². The number of nitrogens with one attached hydrogen (secondary N) is 1. The summed E-state index contributed by atoms with van der Waals surface area (Å²) in [6, 6.07) is -0.642. The Bertz CT molecular complexity index is 869. The third-order valence-corrected chi connectivity index (χ3v) is 10.2. The normalized spacial score (nSPS) is 13.1. The summed E-state index contributed by atoms with van der Waals surface area (Å²) in [7, 11) is 0. The second-order valence-corrected chi connectivity index (χ2v) is 15.4. The molecule has 0 bridgehead atoms. The van der Waals surface area contributed by atoms with E-state index in [2.05, 4.69) is 43.5 Å². The van der Waals surface area contributed by atoms with Gasteiger partial charge in [-0.25, -0.2) is 0 Å². The van der Waals surface area contributed by atoms with Crippen molar-refractivity contribution in [3.05, 3.63) is 36.5 Å². The lowest BCUT2D eigenvalue weighted by Gasteiger charge is -2.20. The van der Waals surface area contributed by atoms with Crippen molar-refractivity contribution in [2.75, 3.05) is 13.2 Å². The van der Waals surface area contributed by atoms with Gasteiger partial charge >= 0.3 is 5.97 Å². The van der Waals surface area contributed by atoms with Gasteiger partial charge in [0, 0.05) is 12.8 Å². The Balaban J connectivity index is 3.57. The topological polar surface area (TPSA) is 95.9 Å². The Hall–Kier alpha value is -1.92. The van der Waals surface area contributed by atoms with Gasteiger partial charge in [0.25, 0.3) is 0 Å². The van der Waals surface area contributed by atoms with Crippen LogP contribution in [-0.2, 0) is 14.3 Å². The maximum atomic E-state index is 12.3. The molecule has 0 aromatic carbocycles. The highest BCUT2D eigenvalue weighted by Crippen LogP contribution is 2.14. The highest BCUT2D eigenvalue weighted by Gasteiger charge is 2.18. The quantitative estimate of drug-likeness (QED) is 0.0251. The fraction of sp³-hybridized carbons (Fsp3) is 0.830. The van der Waals surface area contributed by atoms with Crippen LogP contribution in [0.4, 0.5) is 0 Å². The van der Waals surface area contributed by atoms with Crippen molar-refractivity contribution < 1.29 is 24.5 Å². The summed E-state index contributed by atoms with van der Waals surface area (Å²) in [5.74, 6) is -0.118. The van der Waals surface area contributed by atoms with Crippen LogP contribution in [0.25, 0.3) is 0 Å². The number of aliphatic hydroxyl groups is 2. The van der Waals surface area contributed by atoms with E-state index in [0.29, 0.717) is 19.4 Å². The molecule has 6 heteroatoms. The molecule has 0 radical (unpaired) electrons. The van der Waals surface area contributed by atoms with Gasteiger partial charge in [0.1, 0.15) is 0 Å². The van der Waals surface area contributed by atoms with Gasteiger partial charge in [-0.1, -0.05) is 185 Å². The van der Waals surface area contributed by atoms with Gasteiger partial charge in [0.15, 0.2) is 0 Å². The van der Waals surface area contributed by atoms with Crippen LogP contribution in [0.15, 0.2) is 36.5 Å². The first-order valence-corrected chi connectivity index (χ1v) is 22.8. The lowest BCUT2D eigenvalue weighted by atomic mass is 10.1. The minimum Gasteiger partial charge on any atom is -0.466 e. The second-order valence-electron chi connectivity index (χ2n) is 15.4. The van der Waals surface area contributed by atoms with Crippen molar-refractivity contribution in [2.24, 2.45) is 0 Å². The Morgan fingerprint density at radius 3 is 1.40 bits per heavy atom. The van der Waals surface area contributed by atoms with Crippen molar-refractivity contribution >= 4 is 11.9 Å². The number of carbonyl (C=O) groups is 2. The van der Waals surface area contributed by atoms with Crippen LogP contribution in [0.3, 0.4) is 0 Å². The number of amides is 1. The van der Waals surface area contributed by atoms with Crippen LogP contribution in [0.1, 0.15) is 226 Å². The zero-order valence-electron chi connectivity index (χ0n) is 35.0. The van der Waals surface area contributed by atoms with E-state index in [4.69, 9.17) is 4.74 Å². The molecule has 0 aliphatic heterocycles. The van der Waals surface area contributed by atoms with E-state index in [1.54, 1.807) is 6.08 Å². The molecule has 0 saturated heterocycles. The fourth-order valence-electron chi connectivity index (χ4n) is 6.62. The highest BCUT2D eigenvalue weighted by atomic mass is 16.5. The highest BCUT2D eigenvalue weighted by molar-refractivity contribution is 5.76. The lowest BCUT2D eigenvalue weighted by molar-refractivity contribution is -0.143. The molecule has 2 atom stereocenters. The van der Waals surface area contributed by atoms with Crippen LogP contribution in [-0.4, -0.2) is 47.4 Å². The van der Waals surface area contributed by atoms with E-state index in [0.717, 1.165) is 77.0 Å². The number of esters is 1. The van der Waals surface area contributed by atoms with Crippen LogP contribution >= 0.6 is 0 Å². The van der Waals surface area contributed by atoms with E-state index >= 15 is 0 Å². The van der Waals surface area contributed by atoms with Gasteiger partial charge < -0.3 is 20.3 Å². The first kappa shape index (κ1) is 51.1. The predicted octanol–water partition coefficient (Wildman–Crippen LogP) is 12.9. The summed E-state index contributed by atoms with van der Waals surface area (Å²) < 4.78 is 5.41. The Morgan fingerprint density at radius 2 is 0.925 bits per heavy atom. The van der Waals surface area contributed by atoms with Gasteiger partial charge in [0.05, 0.1) is 25.4 Å². The summed E-state index contributed by atoms with van der Waals surface area (Å²) >= 11 is 0. The van der Waals surface area contributed by atoms with E-state index in [9.17, 15) is 19.8 Å². The molecule has 0 heterocycles. The van der Waals surface area contributed by atoms with Gasteiger partial charge in [-0.2, -0.15) is 0 Å². The molecule has 2 unspecified atom stereocenters. The van der Waals surface area contributed by atoms with Crippen LogP contribution in [0.2, 0.25) is 0 Å². The monoisotopic (exact) mass is 746 g/mol. The molecule has 0 spiro atoms. The maximum Gasteiger partial charge on any atom is 0.305 e. The Labute approximate surface area is 328 Å². The smallest absolute Gasteiger partial charge is 0.305 e. The van der Waals surface area contributed by atoms with Gasteiger partial charge in [0.2, 0.25) is 5.91 Å². The van der Waals surface area contributed by atoms with Gasteiger partial charge in [-0.15, -0.1) is 0 Å². The lowest BCUT2D eigenvalue weighted by Crippen LogP contribution is -2.45. The minimum absolute atomic E-state index is 0.0245. The fourth-order valence-corrected chi connectivity index (χ4v) is 6.62. The van der Waals surface area contributed by atoms with Crippen molar-refractivity contribution in [2.45, 2.75) is 238 Å². The molecular weight excluding hydrogens is 659 g/mol.